The predicted molar refractivity (Wildman–Crippen MR) is 94.8 cm³/mol. The summed E-state index contributed by atoms with van der Waals surface area (Å²) in [6.07, 6.45) is 3.80. The smallest absolute Gasteiger partial charge is 0.194 e. The first-order chi connectivity index (χ1) is 12.1. The highest BCUT2D eigenvalue weighted by Gasteiger charge is 2.25. The van der Waals surface area contributed by atoms with Crippen LogP contribution in [0.2, 0.25) is 0 Å². The van der Waals surface area contributed by atoms with E-state index in [0.717, 1.165) is 23.6 Å². The van der Waals surface area contributed by atoms with Crippen molar-refractivity contribution in [1.29, 1.82) is 0 Å². The molecule has 134 valence electrons. The summed E-state index contributed by atoms with van der Waals surface area (Å²) >= 11 is 0. The molecule has 2 heterocycles. The lowest BCUT2D eigenvalue weighted by Gasteiger charge is -2.34. The van der Waals surface area contributed by atoms with Gasteiger partial charge in [0.2, 0.25) is 0 Å². The summed E-state index contributed by atoms with van der Waals surface area (Å²) in [5.74, 6) is 0.639. The van der Waals surface area contributed by atoms with Gasteiger partial charge in [-0.2, -0.15) is 5.10 Å². The Balaban J connectivity index is 1.63. The molecule has 2 aromatic rings. The normalized spacial score (nSPS) is 18.5. The number of halogens is 1. The van der Waals surface area contributed by atoms with Crippen LogP contribution in [0, 0.1) is 12.7 Å². The summed E-state index contributed by atoms with van der Waals surface area (Å²) < 4.78 is 21.0. The van der Waals surface area contributed by atoms with Crippen LogP contribution in [0.5, 0.6) is 0 Å². The van der Waals surface area contributed by atoms with E-state index in [-0.39, 0.29) is 11.9 Å². The monoisotopic (exact) mass is 345 g/mol. The second-order valence-corrected chi connectivity index (χ2v) is 6.24. The van der Waals surface area contributed by atoms with E-state index in [1.807, 2.05) is 25.5 Å². The molecule has 0 amide bonds. The number of benzene rings is 1. The fraction of sp³-hybridized carbons (Fsp3) is 0.444. The second-order valence-electron chi connectivity index (χ2n) is 6.24. The highest BCUT2D eigenvalue weighted by Crippen LogP contribution is 2.21. The third-order valence-corrected chi connectivity index (χ3v) is 4.35. The van der Waals surface area contributed by atoms with E-state index in [1.165, 1.54) is 6.07 Å². The minimum Gasteiger partial charge on any atom is -0.370 e. The topological polar surface area (TPSA) is 54.7 Å². The van der Waals surface area contributed by atoms with Gasteiger partial charge in [0.25, 0.3) is 0 Å². The van der Waals surface area contributed by atoms with E-state index in [1.54, 1.807) is 24.7 Å². The fourth-order valence-electron chi connectivity index (χ4n) is 2.98. The number of rotatable bonds is 3. The highest BCUT2D eigenvalue weighted by atomic mass is 19.1. The first-order valence-electron chi connectivity index (χ1n) is 8.37. The van der Waals surface area contributed by atoms with E-state index < -0.39 is 0 Å². The van der Waals surface area contributed by atoms with Gasteiger partial charge < -0.3 is 15.0 Å². The molecular formula is C18H24FN5O. The van der Waals surface area contributed by atoms with Gasteiger partial charge in [-0.25, -0.2) is 4.39 Å². The van der Waals surface area contributed by atoms with Crippen LogP contribution in [-0.2, 0) is 18.3 Å². The average Bonchev–Trinajstić information content (AvgIpc) is 3.05. The van der Waals surface area contributed by atoms with Gasteiger partial charge in [-0.1, -0.05) is 12.1 Å². The molecule has 7 heteroatoms. The lowest BCUT2D eigenvalue weighted by molar-refractivity contribution is -0.00805. The summed E-state index contributed by atoms with van der Waals surface area (Å²) in [7, 11) is 3.67. The molecule has 3 rings (SSSR count). The minimum absolute atomic E-state index is 0.0194. The Hall–Kier alpha value is -2.41. The first-order valence-corrected chi connectivity index (χ1v) is 8.37. The molecule has 0 radical (unpaired) electrons. The van der Waals surface area contributed by atoms with Crippen molar-refractivity contribution < 1.29 is 9.13 Å². The zero-order valence-electron chi connectivity index (χ0n) is 14.9. The molecule has 0 aliphatic carbocycles. The van der Waals surface area contributed by atoms with E-state index in [2.05, 4.69) is 20.3 Å². The van der Waals surface area contributed by atoms with Crippen LogP contribution in [0.4, 0.5) is 4.39 Å². The van der Waals surface area contributed by atoms with Crippen LogP contribution in [0.3, 0.4) is 0 Å². The van der Waals surface area contributed by atoms with Crippen molar-refractivity contribution in [2.75, 3.05) is 26.7 Å². The number of ether oxygens (including phenoxy) is 1. The van der Waals surface area contributed by atoms with E-state index in [9.17, 15) is 4.39 Å². The van der Waals surface area contributed by atoms with Gasteiger partial charge in [-0.15, -0.1) is 0 Å². The Morgan fingerprint density at radius 2 is 2.32 bits per heavy atom. The molecule has 1 aliphatic heterocycles. The molecular weight excluding hydrogens is 321 g/mol. The number of hydrogen-bond acceptors (Lipinski definition) is 3. The maximum Gasteiger partial charge on any atom is 0.194 e. The molecule has 1 aliphatic rings. The minimum atomic E-state index is -0.180. The SMILES string of the molecule is CN=C(NCc1ccc(F)c(C)c1)N1CCOC(c2cnn(C)c2)C1. The second kappa shape index (κ2) is 7.65. The zero-order valence-corrected chi connectivity index (χ0v) is 14.9. The number of aryl methyl sites for hydroxylation is 2. The van der Waals surface area contributed by atoms with E-state index in [0.29, 0.717) is 25.3 Å². The van der Waals surface area contributed by atoms with Gasteiger partial charge in [0, 0.05) is 38.9 Å². The average molecular weight is 345 g/mol. The zero-order chi connectivity index (χ0) is 17.8. The first kappa shape index (κ1) is 17.4. The van der Waals surface area contributed by atoms with Gasteiger partial charge in [0.1, 0.15) is 11.9 Å². The number of morpholine rings is 1. The van der Waals surface area contributed by atoms with Crippen LogP contribution in [0.25, 0.3) is 0 Å². The Morgan fingerprint density at radius 1 is 1.48 bits per heavy atom. The summed E-state index contributed by atoms with van der Waals surface area (Å²) in [5.41, 5.74) is 2.74. The third kappa shape index (κ3) is 4.17. The molecule has 1 atom stereocenters. The largest absolute Gasteiger partial charge is 0.370 e. The molecule has 1 N–H and O–H groups in total. The fourth-order valence-corrected chi connectivity index (χ4v) is 2.98. The molecule has 0 bridgehead atoms. The van der Waals surface area contributed by atoms with Crippen LogP contribution < -0.4 is 5.32 Å². The standard InChI is InChI=1S/C18H24FN5O/c1-13-8-14(4-5-16(13)19)9-21-18(20-2)24-6-7-25-17(12-24)15-10-22-23(3)11-15/h4-5,8,10-11,17H,6-7,9,12H2,1-3H3,(H,20,21). The number of nitrogens with zero attached hydrogens (tertiary/aromatic N) is 4. The Bertz CT molecular complexity index is 758. The Labute approximate surface area is 147 Å². The van der Waals surface area contributed by atoms with E-state index in [4.69, 9.17) is 4.74 Å². The Morgan fingerprint density at radius 3 is 3.00 bits per heavy atom. The van der Waals surface area contributed by atoms with Crippen molar-refractivity contribution in [3.63, 3.8) is 0 Å². The molecule has 25 heavy (non-hydrogen) atoms. The van der Waals surface area contributed by atoms with Crippen molar-refractivity contribution in [3.05, 3.63) is 53.1 Å². The van der Waals surface area contributed by atoms with Gasteiger partial charge in [0.15, 0.2) is 5.96 Å². The third-order valence-electron chi connectivity index (χ3n) is 4.35. The van der Waals surface area contributed by atoms with Crippen molar-refractivity contribution in [2.24, 2.45) is 12.0 Å². The molecule has 1 unspecified atom stereocenters. The lowest BCUT2D eigenvalue weighted by Crippen LogP contribution is -2.47. The van der Waals surface area contributed by atoms with Crippen molar-refractivity contribution in [3.8, 4) is 0 Å². The van der Waals surface area contributed by atoms with Crippen molar-refractivity contribution >= 4 is 5.96 Å². The molecule has 1 aromatic heterocycles. The molecule has 1 aromatic carbocycles. The van der Waals surface area contributed by atoms with Crippen LogP contribution in [0.1, 0.15) is 22.8 Å². The maximum atomic E-state index is 13.4. The van der Waals surface area contributed by atoms with Crippen LogP contribution in [-0.4, -0.2) is 47.4 Å². The lowest BCUT2D eigenvalue weighted by atomic mass is 10.1. The van der Waals surface area contributed by atoms with Gasteiger partial charge >= 0.3 is 0 Å². The maximum absolute atomic E-state index is 13.4. The molecule has 0 saturated carbocycles. The number of guanidine groups is 1. The molecule has 6 nitrogen and oxygen atoms in total. The van der Waals surface area contributed by atoms with Crippen molar-refractivity contribution in [1.82, 2.24) is 20.0 Å². The predicted octanol–water partition coefficient (Wildman–Crippen LogP) is 2.02. The summed E-state index contributed by atoms with van der Waals surface area (Å²) in [6.45, 7) is 4.50. The van der Waals surface area contributed by atoms with Gasteiger partial charge in [0.05, 0.1) is 19.3 Å². The number of nitrogens with one attached hydrogen (secondary N) is 1. The number of aliphatic imine (C=N–C) groups is 1. The van der Waals surface area contributed by atoms with Gasteiger partial charge in [-0.3, -0.25) is 9.67 Å². The number of aromatic nitrogens is 2. The summed E-state index contributed by atoms with van der Waals surface area (Å²) in [5, 5.41) is 7.57. The van der Waals surface area contributed by atoms with Crippen LogP contribution >= 0.6 is 0 Å². The molecule has 1 saturated heterocycles. The number of hydrogen-bond donors (Lipinski definition) is 1. The quantitative estimate of drug-likeness (QED) is 0.683. The highest BCUT2D eigenvalue weighted by molar-refractivity contribution is 5.80. The van der Waals surface area contributed by atoms with Gasteiger partial charge in [-0.05, 0) is 24.1 Å². The summed E-state index contributed by atoms with van der Waals surface area (Å²) in [6, 6.07) is 5.15. The molecule has 1 fully saturated rings. The van der Waals surface area contributed by atoms with Crippen LogP contribution in [0.15, 0.2) is 35.6 Å². The molecule has 0 spiro atoms. The Kier molecular flexibility index (Phi) is 5.33. The van der Waals surface area contributed by atoms with E-state index >= 15 is 0 Å². The van der Waals surface area contributed by atoms with Crippen molar-refractivity contribution in [2.45, 2.75) is 19.6 Å². The summed E-state index contributed by atoms with van der Waals surface area (Å²) in [4.78, 5) is 6.56.